The molecule has 80 valence electrons. The lowest BCUT2D eigenvalue weighted by Gasteiger charge is -2.24. The molecule has 0 spiro atoms. The second-order valence-corrected chi connectivity index (χ2v) is 3.42. The maximum atomic E-state index is 12.7. The van der Waals surface area contributed by atoms with Gasteiger partial charge in [0.05, 0.1) is 0 Å². The van der Waals surface area contributed by atoms with Crippen molar-refractivity contribution in [2.45, 2.75) is 31.6 Å². The molecule has 2 N–H and O–H groups in total. The molecule has 1 aliphatic rings. The monoisotopic (exact) mass is 225 g/mol. The van der Waals surface area contributed by atoms with E-state index in [2.05, 4.69) is 0 Å². The van der Waals surface area contributed by atoms with Crippen molar-refractivity contribution in [1.82, 2.24) is 4.84 Å². The first-order valence-electron chi connectivity index (χ1n) is 4.16. The van der Waals surface area contributed by atoms with E-state index in [1.807, 2.05) is 4.84 Å². The van der Waals surface area contributed by atoms with E-state index in [-0.39, 0.29) is 31.4 Å². The van der Waals surface area contributed by atoms with Crippen LogP contribution in [0, 0.1) is 0 Å². The number of alkyl halides is 2. The van der Waals surface area contributed by atoms with E-state index >= 15 is 0 Å². The Morgan fingerprint density at radius 1 is 1.43 bits per heavy atom. The van der Waals surface area contributed by atoms with Crippen LogP contribution in [0.1, 0.15) is 25.7 Å². The van der Waals surface area contributed by atoms with Crippen LogP contribution in [0.5, 0.6) is 0 Å². The number of hydrogen-bond acceptors (Lipinski definition) is 2. The van der Waals surface area contributed by atoms with Gasteiger partial charge in [0.15, 0.2) is 0 Å². The van der Waals surface area contributed by atoms with E-state index in [0.717, 1.165) is 0 Å². The molecule has 0 amide bonds. The highest BCUT2D eigenvalue weighted by atomic mass is 35.5. The van der Waals surface area contributed by atoms with E-state index < -0.39 is 11.9 Å². The fraction of sp³-hybridized carbons (Fsp3) is 0.625. The number of aliphatic carboxylic acids is 1. The van der Waals surface area contributed by atoms with E-state index in [4.69, 9.17) is 16.9 Å². The van der Waals surface area contributed by atoms with Gasteiger partial charge in [-0.1, -0.05) is 0 Å². The number of rotatable bonds is 2. The number of hydrogen-bond donors (Lipinski definition) is 2. The zero-order chi connectivity index (χ0) is 10.8. The number of carbonyl (C=O) groups is 1. The van der Waals surface area contributed by atoms with Crippen molar-refractivity contribution in [3.05, 3.63) is 11.3 Å². The molecule has 0 atom stereocenters. The minimum atomic E-state index is -2.67. The third kappa shape index (κ3) is 2.57. The number of allylic oxidation sites excluding steroid dienone is 1. The van der Waals surface area contributed by atoms with Crippen molar-refractivity contribution < 1.29 is 18.7 Å². The van der Waals surface area contributed by atoms with Crippen molar-refractivity contribution in [3.63, 3.8) is 0 Å². The van der Waals surface area contributed by atoms with Gasteiger partial charge in [0.25, 0.3) is 0 Å². The highest BCUT2D eigenvalue weighted by Crippen LogP contribution is 2.36. The average molecular weight is 226 g/mol. The highest BCUT2D eigenvalue weighted by molar-refractivity contribution is 6.17. The summed E-state index contributed by atoms with van der Waals surface area (Å²) in [5.74, 6) is -3.88. The maximum absolute atomic E-state index is 12.7. The smallest absolute Gasteiger partial charge is 0.353 e. The van der Waals surface area contributed by atoms with Gasteiger partial charge in [-0.25, -0.2) is 13.6 Å². The molecular weight excluding hydrogens is 216 g/mol. The Kier molecular flexibility index (Phi) is 3.31. The first-order valence-corrected chi connectivity index (χ1v) is 4.54. The summed E-state index contributed by atoms with van der Waals surface area (Å²) in [4.78, 5) is 12.6. The van der Waals surface area contributed by atoms with Crippen LogP contribution in [-0.2, 0) is 4.79 Å². The Labute approximate surface area is 84.9 Å². The van der Waals surface area contributed by atoms with Crippen LogP contribution in [0.15, 0.2) is 11.3 Å². The van der Waals surface area contributed by atoms with Crippen molar-refractivity contribution in [1.29, 1.82) is 0 Å². The first-order chi connectivity index (χ1) is 6.46. The fourth-order valence-electron chi connectivity index (χ4n) is 1.43. The Morgan fingerprint density at radius 3 is 2.29 bits per heavy atom. The van der Waals surface area contributed by atoms with Crippen molar-refractivity contribution in [3.8, 4) is 0 Å². The Balaban J connectivity index is 2.76. The molecule has 6 heteroatoms. The van der Waals surface area contributed by atoms with E-state index in [9.17, 15) is 13.6 Å². The molecule has 1 aliphatic carbocycles. The summed E-state index contributed by atoms with van der Waals surface area (Å²) in [6.45, 7) is 0. The minimum Gasteiger partial charge on any atom is -0.477 e. The third-order valence-electron chi connectivity index (χ3n) is 2.25. The number of carboxylic acid groups (broad SMARTS) is 1. The zero-order valence-electron chi connectivity index (χ0n) is 7.32. The average Bonchev–Trinajstić information content (AvgIpc) is 2.08. The molecule has 0 aliphatic heterocycles. The molecule has 1 fully saturated rings. The number of carboxylic acids is 1. The van der Waals surface area contributed by atoms with Crippen molar-refractivity contribution >= 4 is 17.7 Å². The minimum absolute atomic E-state index is 0.0777. The first kappa shape index (κ1) is 11.2. The van der Waals surface area contributed by atoms with Crippen LogP contribution in [0.4, 0.5) is 8.78 Å². The topological polar surface area (TPSA) is 49.3 Å². The largest absolute Gasteiger partial charge is 0.477 e. The number of halogens is 3. The van der Waals surface area contributed by atoms with Gasteiger partial charge in [0.2, 0.25) is 5.92 Å². The van der Waals surface area contributed by atoms with Gasteiger partial charge in [0.1, 0.15) is 5.70 Å². The van der Waals surface area contributed by atoms with Crippen LogP contribution < -0.4 is 4.84 Å². The molecule has 0 radical (unpaired) electrons. The molecule has 0 aromatic heterocycles. The molecule has 0 aromatic rings. The van der Waals surface area contributed by atoms with Crippen LogP contribution >= 0.6 is 11.8 Å². The van der Waals surface area contributed by atoms with Gasteiger partial charge in [-0.3, -0.25) is 4.84 Å². The molecule has 0 heterocycles. The normalized spacial score (nSPS) is 20.4. The Morgan fingerprint density at radius 2 is 1.93 bits per heavy atom. The lowest BCUT2D eigenvalue weighted by molar-refractivity contribution is -0.133. The number of nitrogens with one attached hydrogen (secondary N) is 1. The molecule has 1 rings (SSSR count). The van der Waals surface area contributed by atoms with Crippen LogP contribution in [0.25, 0.3) is 0 Å². The van der Waals surface area contributed by atoms with Crippen molar-refractivity contribution in [2.75, 3.05) is 0 Å². The predicted molar refractivity (Wildman–Crippen MR) is 47.1 cm³/mol. The summed E-state index contributed by atoms with van der Waals surface area (Å²) < 4.78 is 25.4. The van der Waals surface area contributed by atoms with Gasteiger partial charge in [-0.05, 0) is 18.4 Å². The fourth-order valence-corrected chi connectivity index (χ4v) is 1.64. The molecule has 0 unspecified atom stereocenters. The van der Waals surface area contributed by atoms with Gasteiger partial charge >= 0.3 is 5.97 Å². The SMILES string of the molecule is O=C(O)C(NCl)=C1CCC(F)(F)CC1. The Bertz CT molecular complexity index is 267. The van der Waals surface area contributed by atoms with E-state index in [1.54, 1.807) is 0 Å². The molecule has 0 saturated heterocycles. The van der Waals surface area contributed by atoms with Gasteiger partial charge in [-0.15, -0.1) is 0 Å². The van der Waals surface area contributed by atoms with E-state index in [0.29, 0.717) is 5.57 Å². The molecule has 0 bridgehead atoms. The standard InChI is InChI=1S/C8H10ClF2NO2/c9-12-6(7(13)14)5-1-3-8(10,11)4-2-5/h12H,1-4H2,(H,13,14). The van der Waals surface area contributed by atoms with Crippen LogP contribution in [0.2, 0.25) is 0 Å². The molecule has 3 nitrogen and oxygen atoms in total. The lowest BCUT2D eigenvalue weighted by atomic mass is 9.90. The summed E-state index contributed by atoms with van der Waals surface area (Å²) in [7, 11) is 0. The third-order valence-corrected chi connectivity index (χ3v) is 2.44. The summed E-state index contributed by atoms with van der Waals surface area (Å²) in [5, 5.41) is 8.66. The van der Waals surface area contributed by atoms with Gasteiger partial charge in [-0.2, -0.15) is 0 Å². The summed E-state index contributed by atoms with van der Waals surface area (Å²) in [6.07, 6.45) is -0.460. The van der Waals surface area contributed by atoms with Crippen molar-refractivity contribution in [2.24, 2.45) is 0 Å². The summed E-state index contributed by atoms with van der Waals surface area (Å²) >= 11 is 5.19. The molecule has 14 heavy (non-hydrogen) atoms. The Hall–Kier alpha value is -0.840. The quantitative estimate of drug-likeness (QED) is 0.560. The molecule has 0 aromatic carbocycles. The second-order valence-electron chi connectivity index (χ2n) is 3.23. The van der Waals surface area contributed by atoms with Crippen LogP contribution in [0.3, 0.4) is 0 Å². The lowest BCUT2D eigenvalue weighted by Crippen LogP contribution is -2.24. The predicted octanol–water partition coefficient (Wildman–Crippen LogP) is 2.28. The zero-order valence-corrected chi connectivity index (χ0v) is 8.07. The molecule has 1 saturated carbocycles. The summed E-state index contributed by atoms with van der Waals surface area (Å²) in [5.41, 5.74) is 0.292. The van der Waals surface area contributed by atoms with Gasteiger partial charge < -0.3 is 5.11 Å². The highest BCUT2D eigenvalue weighted by Gasteiger charge is 2.34. The van der Waals surface area contributed by atoms with Gasteiger partial charge in [0, 0.05) is 24.6 Å². The van der Waals surface area contributed by atoms with E-state index in [1.165, 1.54) is 0 Å². The molecular formula is C8H10ClF2NO2. The maximum Gasteiger partial charge on any atom is 0.353 e. The second kappa shape index (κ2) is 4.13. The van der Waals surface area contributed by atoms with Crippen LogP contribution in [-0.4, -0.2) is 17.0 Å². The summed E-state index contributed by atoms with van der Waals surface area (Å²) in [6, 6.07) is 0.